The van der Waals surface area contributed by atoms with E-state index in [0.717, 1.165) is 12.1 Å². The van der Waals surface area contributed by atoms with E-state index in [4.69, 9.17) is 5.73 Å². The molecular weight excluding hydrogens is 378 g/mol. The molecular formula is C15H11N5O8. The largest absolute Gasteiger partial charge is 0.384 e. The van der Waals surface area contributed by atoms with Crippen LogP contribution in [0, 0.1) is 30.3 Å². The summed E-state index contributed by atoms with van der Waals surface area (Å²) in [6, 6.07) is 7.70. The van der Waals surface area contributed by atoms with Gasteiger partial charge in [-0.05, 0) is 5.56 Å². The van der Waals surface area contributed by atoms with Crippen LogP contribution in [0.5, 0.6) is 0 Å². The summed E-state index contributed by atoms with van der Waals surface area (Å²) in [5.74, 6) is -1.35. The second kappa shape index (κ2) is 8.31. The van der Waals surface area contributed by atoms with Crippen LogP contribution < -0.4 is 5.73 Å². The molecule has 0 aliphatic rings. The van der Waals surface area contributed by atoms with Crippen LogP contribution in [0.15, 0.2) is 47.6 Å². The van der Waals surface area contributed by atoms with Crippen molar-refractivity contribution in [2.45, 2.75) is 6.42 Å². The molecule has 13 nitrogen and oxygen atoms in total. The van der Waals surface area contributed by atoms with Crippen molar-refractivity contribution in [1.82, 2.24) is 0 Å². The molecule has 0 heterocycles. The van der Waals surface area contributed by atoms with E-state index in [0.29, 0.717) is 11.6 Å². The second-order valence-electron chi connectivity index (χ2n) is 5.31. The summed E-state index contributed by atoms with van der Waals surface area (Å²) in [6.07, 6.45) is 0.000357. The standard InChI is InChI=1S/C15H11N5O8/c16-14(5-9-1-3-11(4-2-9)18(22)23)17-28-15(21)10-6-12(19(24)25)8-13(7-10)20(26)27/h1-4,6-8H,5H2,(H2,16,17). The van der Waals surface area contributed by atoms with E-state index in [1.54, 1.807) is 0 Å². The number of nitro groups is 3. The minimum Gasteiger partial charge on any atom is -0.384 e. The molecule has 0 radical (unpaired) electrons. The number of amidine groups is 1. The molecule has 2 aromatic rings. The maximum Gasteiger partial charge on any atom is 0.366 e. The van der Waals surface area contributed by atoms with Crippen molar-refractivity contribution in [2.24, 2.45) is 10.9 Å². The summed E-state index contributed by atoms with van der Waals surface area (Å²) in [7, 11) is 0. The number of non-ortho nitro benzene ring substituents is 3. The Morgan fingerprint density at radius 2 is 1.39 bits per heavy atom. The molecule has 0 spiro atoms. The van der Waals surface area contributed by atoms with Gasteiger partial charge in [0.15, 0.2) is 0 Å². The van der Waals surface area contributed by atoms with E-state index in [1.165, 1.54) is 24.3 Å². The van der Waals surface area contributed by atoms with Crippen LogP contribution in [0.3, 0.4) is 0 Å². The first-order chi connectivity index (χ1) is 13.2. The normalized spacial score (nSPS) is 10.9. The summed E-state index contributed by atoms with van der Waals surface area (Å²) < 4.78 is 0. The molecule has 0 saturated carbocycles. The molecule has 144 valence electrons. The minimum absolute atomic E-state index is 0.000357. The quantitative estimate of drug-likeness (QED) is 0.242. The average Bonchev–Trinajstić information content (AvgIpc) is 2.66. The third-order valence-electron chi connectivity index (χ3n) is 3.34. The van der Waals surface area contributed by atoms with Gasteiger partial charge in [-0.3, -0.25) is 30.3 Å². The van der Waals surface area contributed by atoms with E-state index in [9.17, 15) is 35.1 Å². The van der Waals surface area contributed by atoms with Crippen LogP contribution in [-0.4, -0.2) is 26.6 Å². The average molecular weight is 389 g/mol. The Balaban J connectivity index is 2.12. The smallest absolute Gasteiger partial charge is 0.366 e. The van der Waals surface area contributed by atoms with E-state index >= 15 is 0 Å². The van der Waals surface area contributed by atoms with Crippen molar-refractivity contribution in [3.05, 3.63) is 83.9 Å². The molecule has 0 aliphatic carbocycles. The number of nitrogens with two attached hydrogens (primary N) is 1. The first-order valence-electron chi connectivity index (χ1n) is 7.38. The third kappa shape index (κ3) is 5.04. The maximum atomic E-state index is 12.0. The van der Waals surface area contributed by atoms with Gasteiger partial charge in [-0.2, -0.15) is 0 Å². The number of carbonyl (C=O) groups is 1. The lowest BCUT2D eigenvalue weighted by molar-refractivity contribution is -0.394. The predicted octanol–water partition coefficient (Wildman–Crippen LogP) is 2.08. The fraction of sp³-hybridized carbons (Fsp3) is 0.0667. The molecule has 2 N–H and O–H groups in total. The van der Waals surface area contributed by atoms with Crippen LogP contribution in [0.4, 0.5) is 17.1 Å². The first-order valence-corrected chi connectivity index (χ1v) is 7.38. The molecule has 13 heteroatoms. The number of nitro benzene ring substituents is 3. The Labute approximate surface area is 155 Å². The molecule has 0 unspecified atom stereocenters. The lowest BCUT2D eigenvalue weighted by atomic mass is 10.1. The van der Waals surface area contributed by atoms with Gasteiger partial charge in [-0.15, -0.1) is 0 Å². The summed E-state index contributed by atoms with van der Waals surface area (Å²) in [6.45, 7) is 0. The molecule has 2 aromatic carbocycles. The van der Waals surface area contributed by atoms with Crippen LogP contribution in [0.2, 0.25) is 0 Å². The van der Waals surface area contributed by atoms with Gasteiger partial charge in [0.2, 0.25) is 0 Å². The van der Waals surface area contributed by atoms with Gasteiger partial charge in [0, 0.05) is 30.7 Å². The van der Waals surface area contributed by atoms with Crippen LogP contribution >= 0.6 is 0 Å². The van der Waals surface area contributed by atoms with Crippen LogP contribution in [0.25, 0.3) is 0 Å². The summed E-state index contributed by atoms with van der Waals surface area (Å²) in [5.41, 5.74) is 4.27. The molecule has 0 aliphatic heterocycles. The summed E-state index contributed by atoms with van der Waals surface area (Å²) >= 11 is 0. The van der Waals surface area contributed by atoms with Crippen molar-refractivity contribution in [3.8, 4) is 0 Å². The molecule has 0 fully saturated rings. The summed E-state index contributed by atoms with van der Waals surface area (Å²) in [5, 5.41) is 35.6. The number of nitrogens with zero attached hydrogens (tertiary/aromatic N) is 4. The van der Waals surface area contributed by atoms with Gasteiger partial charge in [0.25, 0.3) is 17.1 Å². The highest BCUT2D eigenvalue weighted by molar-refractivity contribution is 5.92. The minimum atomic E-state index is -1.18. The monoisotopic (exact) mass is 389 g/mol. The highest BCUT2D eigenvalue weighted by Crippen LogP contribution is 2.23. The van der Waals surface area contributed by atoms with Gasteiger partial charge in [0.05, 0.1) is 26.4 Å². The number of carbonyl (C=O) groups excluding carboxylic acids is 1. The topological polar surface area (TPSA) is 194 Å². The number of rotatable bonds is 7. The lowest BCUT2D eigenvalue weighted by Gasteiger charge is -2.02. The fourth-order valence-corrected chi connectivity index (χ4v) is 2.05. The van der Waals surface area contributed by atoms with Crippen molar-refractivity contribution < 1.29 is 24.4 Å². The Kier molecular flexibility index (Phi) is 5.90. The first kappa shape index (κ1) is 19.9. The van der Waals surface area contributed by atoms with E-state index in [1.807, 2.05) is 0 Å². The van der Waals surface area contributed by atoms with Crippen molar-refractivity contribution >= 4 is 28.9 Å². The Morgan fingerprint density at radius 3 is 1.86 bits per heavy atom. The highest BCUT2D eigenvalue weighted by Gasteiger charge is 2.21. The van der Waals surface area contributed by atoms with Gasteiger partial charge in [0.1, 0.15) is 5.84 Å². The molecule has 0 atom stereocenters. The molecule has 0 aromatic heterocycles. The molecule has 0 bridgehead atoms. The Morgan fingerprint density at radius 1 is 0.893 bits per heavy atom. The second-order valence-corrected chi connectivity index (χ2v) is 5.31. The molecule has 0 amide bonds. The molecule has 0 saturated heterocycles. The number of hydrogen-bond acceptors (Lipinski definition) is 9. The Bertz CT molecular complexity index is 954. The third-order valence-corrected chi connectivity index (χ3v) is 3.34. The summed E-state index contributed by atoms with van der Waals surface area (Å²) in [4.78, 5) is 46.4. The zero-order valence-corrected chi connectivity index (χ0v) is 13.9. The van der Waals surface area contributed by atoms with Gasteiger partial charge in [-0.25, -0.2) is 4.79 Å². The maximum absolute atomic E-state index is 12.0. The van der Waals surface area contributed by atoms with Gasteiger partial charge >= 0.3 is 5.97 Å². The molecule has 28 heavy (non-hydrogen) atoms. The number of hydrogen-bond donors (Lipinski definition) is 1. The number of benzene rings is 2. The lowest BCUT2D eigenvalue weighted by Crippen LogP contribution is -2.16. The van der Waals surface area contributed by atoms with Crippen LogP contribution in [0.1, 0.15) is 15.9 Å². The van der Waals surface area contributed by atoms with E-state index in [2.05, 4.69) is 9.99 Å². The fourth-order valence-electron chi connectivity index (χ4n) is 2.05. The van der Waals surface area contributed by atoms with E-state index in [-0.39, 0.29) is 17.9 Å². The molecule has 2 rings (SSSR count). The number of oxime groups is 1. The SMILES string of the molecule is N/C(Cc1ccc([N+](=O)[O-])cc1)=N\OC(=O)c1cc([N+](=O)[O-])cc([N+](=O)[O-])c1. The van der Waals surface area contributed by atoms with Crippen molar-refractivity contribution in [2.75, 3.05) is 0 Å². The van der Waals surface area contributed by atoms with Gasteiger partial charge < -0.3 is 10.6 Å². The Hall–Kier alpha value is -4.42. The van der Waals surface area contributed by atoms with Crippen molar-refractivity contribution in [3.63, 3.8) is 0 Å². The van der Waals surface area contributed by atoms with E-state index < -0.39 is 37.7 Å². The van der Waals surface area contributed by atoms with Crippen molar-refractivity contribution in [1.29, 1.82) is 0 Å². The van der Waals surface area contributed by atoms with Crippen LogP contribution in [-0.2, 0) is 11.3 Å². The highest BCUT2D eigenvalue weighted by atomic mass is 16.7. The zero-order chi connectivity index (χ0) is 20.8. The zero-order valence-electron chi connectivity index (χ0n) is 13.9. The predicted molar refractivity (Wildman–Crippen MR) is 93.6 cm³/mol. The van der Waals surface area contributed by atoms with Gasteiger partial charge in [-0.1, -0.05) is 17.3 Å².